The van der Waals surface area contributed by atoms with E-state index in [9.17, 15) is 0 Å². The van der Waals surface area contributed by atoms with Crippen molar-refractivity contribution < 1.29 is 9.90 Å². The number of aliphatic carboxylic acids is 1. The van der Waals surface area contributed by atoms with Gasteiger partial charge < -0.3 is 5.11 Å². The van der Waals surface area contributed by atoms with Gasteiger partial charge in [0.05, 0.1) is 5.34 Å². The summed E-state index contributed by atoms with van der Waals surface area (Å²) in [4.78, 5) is 9.00. The summed E-state index contributed by atoms with van der Waals surface area (Å²) in [5.41, 5.74) is 0. The predicted molar refractivity (Wildman–Crippen MR) is 51.2 cm³/mol. The van der Waals surface area contributed by atoms with Gasteiger partial charge in [-0.15, -0.1) is 23.2 Å². The van der Waals surface area contributed by atoms with Crippen LogP contribution in [0.2, 0.25) is 0 Å². The Bertz CT molecular complexity index is 70.1. The number of carbonyl (C=O) groups is 1. The fourth-order valence-corrected chi connectivity index (χ4v) is 0. The highest BCUT2D eigenvalue weighted by Gasteiger charge is 1.78. The van der Waals surface area contributed by atoms with Crippen LogP contribution in [0.1, 0.15) is 6.92 Å². The van der Waals surface area contributed by atoms with Crippen molar-refractivity contribution in [2.45, 2.75) is 11.2 Å². The van der Waals surface area contributed by atoms with Gasteiger partial charge in [0.1, 0.15) is 0 Å². The van der Waals surface area contributed by atoms with E-state index in [1.807, 2.05) is 0 Å². The van der Waals surface area contributed by atoms with Crippen LogP contribution in [0.4, 0.5) is 0 Å². The first-order valence-corrected chi connectivity index (χ1v) is 4.50. The predicted octanol–water partition coefficient (Wildman–Crippen LogP) is 3.50. The summed E-state index contributed by atoms with van der Waals surface area (Å²) in [6.07, 6.45) is 0. The second-order valence-corrected chi connectivity index (χ2v) is 3.66. The summed E-state index contributed by atoms with van der Waals surface area (Å²) in [6.45, 7) is 1.08. The van der Waals surface area contributed by atoms with E-state index in [2.05, 4.69) is 0 Å². The van der Waals surface area contributed by atoms with Crippen LogP contribution in [0, 0.1) is 0 Å². The lowest BCUT2D eigenvalue weighted by molar-refractivity contribution is -0.134. The number of rotatable bonds is 0. The molecule has 0 heterocycles. The molecule has 0 spiro atoms. The van der Waals surface area contributed by atoms with E-state index < -0.39 is 10.3 Å². The average Bonchev–Trinajstić information content (AvgIpc) is 1.60. The third-order valence-electron chi connectivity index (χ3n) is 0. The maximum atomic E-state index is 9.00. The molecule has 0 rings (SSSR count). The molecule has 0 saturated carbocycles. The Hall–Kier alpha value is 0.920. The molecule has 0 amide bonds. The van der Waals surface area contributed by atoms with Crippen molar-refractivity contribution in [1.29, 1.82) is 0 Å². The van der Waals surface area contributed by atoms with Crippen molar-refractivity contribution in [3.05, 3.63) is 0 Å². The van der Waals surface area contributed by atoms with E-state index in [0.29, 0.717) is 0 Å². The van der Waals surface area contributed by atoms with Crippen molar-refractivity contribution in [3.8, 4) is 0 Å². The summed E-state index contributed by atoms with van der Waals surface area (Å²) in [7, 11) is 0. The van der Waals surface area contributed by atoms with Crippen molar-refractivity contribution >= 4 is 64.0 Å². The zero-order valence-electron chi connectivity index (χ0n) is 5.53. The summed E-state index contributed by atoms with van der Waals surface area (Å²) < 4.78 is -0.750. The summed E-state index contributed by atoms with van der Waals surface area (Å²) in [6, 6.07) is 0. The second-order valence-electron chi connectivity index (χ2n) is 0.867. The van der Waals surface area contributed by atoms with E-state index in [1.165, 1.54) is 0 Å². The van der Waals surface area contributed by atoms with Gasteiger partial charge >= 0.3 is 0 Å². The molecular weight excluding hydrogens is 257 g/mol. The highest BCUT2D eigenvalue weighted by atomic mass is 35.6. The van der Waals surface area contributed by atoms with Crippen molar-refractivity contribution in [3.63, 3.8) is 0 Å². The van der Waals surface area contributed by atoms with Crippen molar-refractivity contribution in [2.24, 2.45) is 0 Å². The Labute approximate surface area is 90.3 Å². The molecule has 0 aliphatic rings. The first-order valence-electron chi connectivity index (χ1n) is 2.12. The molecule has 0 aromatic heterocycles. The molecule has 0 radical (unpaired) electrons. The first kappa shape index (κ1) is 17.9. The number of hydrogen-bond acceptors (Lipinski definition) is 1. The molecule has 1 N–H and O–H groups in total. The molecule has 0 saturated heterocycles. The normalized spacial score (nSPS) is 7.18. The molecule has 0 aliphatic carbocycles. The third kappa shape index (κ3) is 1030. The van der Waals surface area contributed by atoms with Crippen LogP contribution in [0.3, 0.4) is 0 Å². The van der Waals surface area contributed by atoms with Crippen molar-refractivity contribution in [2.75, 3.05) is 5.34 Å². The Morgan fingerprint density at radius 3 is 1.36 bits per heavy atom. The zero-order valence-corrected chi connectivity index (χ0v) is 9.31. The molecule has 2 nitrogen and oxygen atoms in total. The van der Waals surface area contributed by atoms with Crippen LogP contribution in [-0.2, 0) is 4.79 Å². The number of hydrogen-bond donors (Lipinski definition) is 1. The number of carboxylic acid groups (broad SMARTS) is 1. The molecule has 7 heteroatoms. The van der Waals surface area contributed by atoms with Gasteiger partial charge in [-0.3, -0.25) is 4.79 Å². The summed E-state index contributed by atoms with van der Waals surface area (Å²) in [5, 5.41) is 7.61. The highest BCUT2D eigenvalue weighted by molar-refractivity contribution is 6.63. The Kier molecular flexibility index (Phi) is 27.8. The van der Waals surface area contributed by atoms with Crippen LogP contribution < -0.4 is 0 Å². The number of halogens is 5. The lowest BCUT2D eigenvalue weighted by atomic mass is 10.9. The number of carboxylic acids is 1. The Morgan fingerprint density at radius 1 is 1.36 bits per heavy atom. The maximum absolute atomic E-state index is 9.00. The van der Waals surface area contributed by atoms with E-state index in [0.717, 1.165) is 6.92 Å². The molecule has 0 aromatic carbocycles. The van der Waals surface area contributed by atoms with Gasteiger partial charge in [0.2, 0.25) is 0 Å². The highest BCUT2D eigenvalue weighted by Crippen LogP contribution is 2.03. The quantitative estimate of drug-likeness (QED) is 0.680. The molecule has 0 aromatic rings. The van der Waals surface area contributed by atoms with Gasteiger partial charge in [0.25, 0.3) is 5.97 Å². The fraction of sp³-hybridized carbons (Fsp3) is 0.750. The molecule has 0 fully saturated rings. The first-order chi connectivity index (χ1) is 4.88. The second kappa shape index (κ2) is 17.1. The molecule has 0 unspecified atom stereocenters. The van der Waals surface area contributed by atoms with Crippen LogP contribution in [0.15, 0.2) is 0 Å². The average molecular weight is 264 g/mol. The van der Waals surface area contributed by atoms with Crippen LogP contribution in [0.5, 0.6) is 0 Å². The Balaban J connectivity index is -0.0000000886. The minimum Gasteiger partial charge on any atom is -0.481 e. The van der Waals surface area contributed by atoms with Gasteiger partial charge in [0, 0.05) is 6.92 Å². The number of alkyl halides is 5. The Morgan fingerprint density at radius 2 is 1.36 bits per heavy atom. The third-order valence-corrected chi connectivity index (χ3v) is 0. The molecule has 0 atom stereocenters. The minimum atomic E-state index is -0.833. The SMILES string of the molecule is CC(=O)O.ClC(Cl)Cl.ClCCl. The van der Waals surface area contributed by atoms with Gasteiger partial charge in [-0.05, 0) is 0 Å². The van der Waals surface area contributed by atoms with Crippen LogP contribution >= 0.6 is 58.0 Å². The molecule has 0 bridgehead atoms. The van der Waals surface area contributed by atoms with Gasteiger partial charge in [0.15, 0.2) is 4.30 Å². The minimum absolute atomic E-state index is 0.194. The lowest BCUT2D eigenvalue weighted by Crippen LogP contribution is -1.78. The van der Waals surface area contributed by atoms with E-state index >= 15 is 0 Å². The standard InChI is InChI=1S/C2H4O2.CHCl3.CH2Cl2/c1-2(3)4;2-1(3)4;2-1-3/h1H3,(H,3,4);1H;1H2. The molecular formula is C4H7Cl5O2. The molecule has 11 heavy (non-hydrogen) atoms. The molecule has 70 valence electrons. The smallest absolute Gasteiger partial charge is 0.300 e. The topological polar surface area (TPSA) is 37.3 Å². The van der Waals surface area contributed by atoms with Crippen molar-refractivity contribution in [1.82, 2.24) is 0 Å². The van der Waals surface area contributed by atoms with Gasteiger partial charge in [-0.1, -0.05) is 34.8 Å². The largest absolute Gasteiger partial charge is 0.481 e. The monoisotopic (exact) mass is 262 g/mol. The lowest BCUT2D eigenvalue weighted by Gasteiger charge is -1.69. The van der Waals surface area contributed by atoms with E-state index in [1.54, 1.807) is 0 Å². The van der Waals surface area contributed by atoms with Gasteiger partial charge in [-0.25, -0.2) is 0 Å². The molecule has 0 aliphatic heterocycles. The van der Waals surface area contributed by atoms with E-state index in [4.69, 9.17) is 67.9 Å². The van der Waals surface area contributed by atoms with Crippen LogP contribution in [0.25, 0.3) is 0 Å². The summed E-state index contributed by atoms with van der Waals surface area (Å²) >= 11 is 23.9. The zero-order chi connectivity index (χ0) is 9.86. The van der Waals surface area contributed by atoms with E-state index in [-0.39, 0.29) is 5.34 Å². The fourth-order valence-electron chi connectivity index (χ4n) is 0. The maximum Gasteiger partial charge on any atom is 0.300 e. The summed E-state index contributed by atoms with van der Waals surface area (Å²) in [5.74, 6) is -0.833. The van der Waals surface area contributed by atoms with Gasteiger partial charge in [-0.2, -0.15) is 0 Å². The van der Waals surface area contributed by atoms with Crippen LogP contribution in [-0.4, -0.2) is 20.7 Å².